The Kier molecular flexibility index (Phi) is 5.12. The lowest BCUT2D eigenvalue weighted by molar-refractivity contribution is 0.309. The van der Waals surface area contributed by atoms with Crippen molar-refractivity contribution in [1.29, 1.82) is 0 Å². The summed E-state index contributed by atoms with van der Waals surface area (Å²) in [6.07, 6.45) is 6.78. The predicted molar refractivity (Wildman–Crippen MR) is 97.6 cm³/mol. The fraction of sp³-hybridized carbons (Fsp3) is 0.500. The molecule has 3 rings (SSSR count). The molecule has 23 heavy (non-hydrogen) atoms. The second-order valence-corrected chi connectivity index (χ2v) is 7.50. The molecule has 0 saturated heterocycles. The Morgan fingerprint density at radius 1 is 1.35 bits per heavy atom. The highest BCUT2D eigenvalue weighted by Gasteiger charge is 2.39. The Morgan fingerprint density at radius 2 is 2.13 bits per heavy atom. The number of hydrogen-bond acceptors (Lipinski definition) is 4. The zero-order chi connectivity index (χ0) is 16.3. The van der Waals surface area contributed by atoms with E-state index >= 15 is 0 Å². The van der Waals surface area contributed by atoms with Crippen LogP contribution in [0.15, 0.2) is 23.6 Å². The lowest BCUT2D eigenvalue weighted by atomic mass is 9.76. The molecule has 0 atom stereocenters. The number of halogens is 1. The fourth-order valence-corrected chi connectivity index (χ4v) is 4.32. The van der Waals surface area contributed by atoms with Crippen LogP contribution in [-0.4, -0.2) is 11.6 Å². The molecule has 1 aliphatic carbocycles. The van der Waals surface area contributed by atoms with Crippen LogP contribution in [-0.2, 0) is 5.41 Å². The van der Waals surface area contributed by atoms with Crippen molar-refractivity contribution < 1.29 is 4.74 Å². The zero-order valence-electron chi connectivity index (χ0n) is 13.5. The van der Waals surface area contributed by atoms with E-state index in [-0.39, 0.29) is 5.41 Å². The molecule has 0 spiro atoms. The van der Waals surface area contributed by atoms with Crippen LogP contribution in [0, 0.1) is 0 Å². The van der Waals surface area contributed by atoms with Crippen molar-refractivity contribution in [3.8, 4) is 5.75 Å². The van der Waals surface area contributed by atoms with Crippen molar-refractivity contribution in [3.63, 3.8) is 0 Å². The van der Waals surface area contributed by atoms with Crippen molar-refractivity contribution in [3.05, 3.63) is 39.9 Å². The molecule has 0 aliphatic heterocycles. The number of nitrogens with zero attached hydrogens (tertiary/aromatic N) is 1. The Bertz CT molecular complexity index is 665. The standard InChI is InChI=1S/C18H23ClN2OS/c1-2-3-10-22-15-7-6-13(11-14(15)19)18(8-4-5-9-18)16-12-23-17(20)21-16/h6-7,11-12H,2-5,8-10H2,1H3,(H2,20,21). The highest BCUT2D eigenvalue weighted by Crippen LogP contribution is 2.48. The lowest BCUT2D eigenvalue weighted by Gasteiger charge is -2.28. The number of rotatable bonds is 6. The summed E-state index contributed by atoms with van der Waals surface area (Å²) >= 11 is 7.99. The molecule has 1 saturated carbocycles. The van der Waals surface area contributed by atoms with Gasteiger partial charge in [-0.15, -0.1) is 11.3 Å². The van der Waals surface area contributed by atoms with Crippen LogP contribution in [0.4, 0.5) is 5.13 Å². The molecule has 124 valence electrons. The SMILES string of the molecule is CCCCOc1ccc(C2(c3csc(N)n3)CCCC2)cc1Cl. The third-order valence-corrected chi connectivity index (χ3v) is 5.68. The van der Waals surface area contributed by atoms with Gasteiger partial charge in [-0.25, -0.2) is 4.98 Å². The number of thiazole rings is 1. The zero-order valence-corrected chi connectivity index (χ0v) is 15.1. The summed E-state index contributed by atoms with van der Waals surface area (Å²) in [4.78, 5) is 4.58. The van der Waals surface area contributed by atoms with Gasteiger partial charge in [-0.05, 0) is 37.0 Å². The van der Waals surface area contributed by atoms with E-state index in [1.165, 1.54) is 29.7 Å². The molecule has 1 fully saturated rings. The second kappa shape index (κ2) is 7.10. The van der Waals surface area contributed by atoms with Gasteiger partial charge in [0.25, 0.3) is 0 Å². The van der Waals surface area contributed by atoms with Gasteiger partial charge in [0.05, 0.1) is 17.3 Å². The van der Waals surface area contributed by atoms with E-state index in [2.05, 4.69) is 29.4 Å². The van der Waals surface area contributed by atoms with Crippen LogP contribution >= 0.6 is 22.9 Å². The van der Waals surface area contributed by atoms with Crippen LogP contribution < -0.4 is 10.5 Å². The molecule has 2 aromatic rings. The molecule has 0 radical (unpaired) electrons. The molecule has 0 bridgehead atoms. The van der Waals surface area contributed by atoms with Crippen LogP contribution in [0.5, 0.6) is 5.75 Å². The first-order valence-electron chi connectivity index (χ1n) is 8.30. The monoisotopic (exact) mass is 350 g/mol. The van der Waals surface area contributed by atoms with Crippen LogP contribution in [0.1, 0.15) is 56.7 Å². The highest BCUT2D eigenvalue weighted by molar-refractivity contribution is 7.13. The Hall–Kier alpha value is -1.26. The van der Waals surface area contributed by atoms with Gasteiger partial charge < -0.3 is 10.5 Å². The molecular weight excluding hydrogens is 328 g/mol. The van der Waals surface area contributed by atoms with Crippen molar-refractivity contribution in [2.24, 2.45) is 0 Å². The van der Waals surface area contributed by atoms with Gasteiger partial charge in [-0.2, -0.15) is 0 Å². The van der Waals surface area contributed by atoms with Crippen LogP contribution in [0.2, 0.25) is 5.02 Å². The number of ether oxygens (including phenoxy) is 1. The molecule has 1 aromatic heterocycles. The first-order valence-corrected chi connectivity index (χ1v) is 9.56. The quantitative estimate of drug-likeness (QED) is 0.708. The number of nitrogen functional groups attached to an aromatic ring is 1. The van der Waals surface area contributed by atoms with E-state index in [4.69, 9.17) is 22.1 Å². The van der Waals surface area contributed by atoms with Gasteiger partial charge in [0.15, 0.2) is 5.13 Å². The Morgan fingerprint density at radius 3 is 2.74 bits per heavy atom. The largest absolute Gasteiger partial charge is 0.492 e. The topological polar surface area (TPSA) is 48.1 Å². The summed E-state index contributed by atoms with van der Waals surface area (Å²) in [5, 5.41) is 3.42. The van der Waals surface area contributed by atoms with E-state index in [9.17, 15) is 0 Å². The van der Waals surface area contributed by atoms with E-state index in [1.54, 1.807) is 0 Å². The minimum absolute atomic E-state index is 0.0420. The van der Waals surface area contributed by atoms with Gasteiger partial charge in [0.2, 0.25) is 0 Å². The van der Waals surface area contributed by atoms with E-state index in [1.807, 2.05) is 6.07 Å². The van der Waals surface area contributed by atoms with Gasteiger partial charge in [0, 0.05) is 10.8 Å². The molecule has 1 aliphatic rings. The average Bonchev–Trinajstić information content (AvgIpc) is 3.18. The number of nitrogens with two attached hydrogens (primary N) is 1. The maximum atomic E-state index is 6.47. The van der Waals surface area contributed by atoms with Crippen LogP contribution in [0.3, 0.4) is 0 Å². The third kappa shape index (κ3) is 3.33. The van der Waals surface area contributed by atoms with Crippen molar-refractivity contribution in [2.45, 2.75) is 50.9 Å². The number of unbranched alkanes of at least 4 members (excludes halogenated alkanes) is 1. The van der Waals surface area contributed by atoms with Gasteiger partial charge in [0.1, 0.15) is 5.75 Å². The second-order valence-electron chi connectivity index (χ2n) is 6.21. The average molecular weight is 351 g/mol. The summed E-state index contributed by atoms with van der Waals surface area (Å²) in [5.41, 5.74) is 8.15. The molecule has 2 N–H and O–H groups in total. The highest BCUT2D eigenvalue weighted by atomic mass is 35.5. The van der Waals surface area contributed by atoms with E-state index in [0.717, 1.165) is 37.1 Å². The van der Waals surface area contributed by atoms with Crippen molar-refractivity contribution in [2.75, 3.05) is 12.3 Å². The smallest absolute Gasteiger partial charge is 0.180 e. The number of benzene rings is 1. The molecule has 5 heteroatoms. The molecule has 3 nitrogen and oxygen atoms in total. The third-order valence-electron chi connectivity index (χ3n) is 4.71. The van der Waals surface area contributed by atoms with Gasteiger partial charge >= 0.3 is 0 Å². The molecule has 1 aromatic carbocycles. The summed E-state index contributed by atoms with van der Waals surface area (Å²) in [6.45, 7) is 2.86. The van der Waals surface area contributed by atoms with Gasteiger partial charge in [-0.3, -0.25) is 0 Å². The molecule has 0 unspecified atom stereocenters. The minimum Gasteiger partial charge on any atom is -0.492 e. The summed E-state index contributed by atoms with van der Waals surface area (Å²) in [6, 6.07) is 6.21. The first kappa shape index (κ1) is 16.6. The number of anilines is 1. The number of hydrogen-bond donors (Lipinski definition) is 1. The van der Waals surface area contributed by atoms with Crippen molar-refractivity contribution >= 4 is 28.1 Å². The lowest BCUT2D eigenvalue weighted by Crippen LogP contribution is -2.24. The Balaban J connectivity index is 1.90. The minimum atomic E-state index is -0.0420. The summed E-state index contributed by atoms with van der Waals surface area (Å²) in [5.74, 6) is 0.773. The Labute approximate surface area is 146 Å². The number of aromatic nitrogens is 1. The summed E-state index contributed by atoms with van der Waals surface area (Å²) < 4.78 is 5.77. The maximum absolute atomic E-state index is 6.47. The van der Waals surface area contributed by atoms with E-state index < -0.39 is 0 Å². The normalized spacial score (nSPS) is 16.6. The van der Waals surface area contributed by atoms with Crippen molar-refractivity contribution in [1.82, 2.24) is 4.98 Å². The van der Waals surface area contributed by atoms with Gasteiger partial charge in [-0.1, -0.05) is 43.9 Å². The fourth-order valence-electron chi connectivity index (χ4n) is 3.42. The maximum Gasteiger partial charge on any atom is 0.180 e. The van der Waals surface area contributed by atoms with Crippen LogP contribution in [0.25, 0.3) is 0 Å². The molecule has 0 amide bonds. The molecule has 1 heterocycles. The van der Waals surface area contributed by atoms with E-state index in [0.29, 0.717) is 16.8 Å². The predicted octanol–water partition coefficient (Wildman–Crippen LogP) is 5.42. The molecular formula is C18H23ClN2OS. The summed E-state index contributed by atoms with van der Waals surface area (Å²) in [7, 11) is 0. The first-order chi connectivity index (χ1) is 11.2.